The fourth-order valence-corrected chi connectivity index (χ4v) is 9.24. The molecule has 2 aromatic rings. The quantitative estimate of drug-likeness (QED) is 0.343. The van der Waals surface area contributed by atoms with Crippen LogP contribution in [0.3, 0.4) is 0 Å². The zero-order chi connectivity index (χ0) is 23.1. The highest BCUT2D eigenvalue weighted by Crippen LogP contribution is 2.38. The van der Waals surface area contributed by atoms with Crippen LogP contribution >= 0.6 is 0 Å². The smallest absolute Gasteiger partial charge is 0.261 e. The van der Waals surface area contributed by atoms with Crippen molar-refractivity contribution in [2.24, 2.45) is 0 Å². The predicted molar refractivity (Wildman–Crippen MR) is 139 cm³/mol. The highest BCUT2D eigenvalue weighted by atomic mass is 28.4. The van der Waals surface area contributed by atoms with E-state index in [0.29, 0.717) is 12.8 Å². The van der Waals surface area contributed by atoms with Gasteiger partial charge < -0.3 is 9.53 Å². The molecule has 1 N–H and O–H groups in total. The molecule has 2 atom stereocenters. The molecule has 0 aliphatic carbocycles. The van der Waals surface area contributed by atoms with Crippen LogP contribution in [0.5, 0.6) is 0 Å². The van der Waals surface area contributed by atoms with Gasteiger partial charge in [-0.25, -0.2) is 0 Å². The lowest BCUT2D eigenvalue weighted by Gasteiger charge is -2.45. The minimum absolute atomic E-state index is 0.112. The number of hydrogen-bond acceptors (Lipinski definition) is 2. The Morgan fingerprint density at radius 1 is 0.968 bits per heavy atom. The van der Waals surface area contributed by atoms with Crippen LogP contribution in [-0.4, -0.2) is 33.7 Å². The number of benzene rings is 2. The molecule has 166 valence electrons. The topological polar surface area (TPSA) is 29.5 Å². The molecular weight excluding hydrogens is 412 g/mol. The van der Waals surface area contributed by atoms with E-state index in [1.54, 1.807) is 6.08 Å². The molecule has 2 nitrogen and oxygen atoms in total. The molecule has 4 heteroatoms. The van der Waals surface area contributed by atoms with Crippen LogP contribution in [0.1, 0.15) is 33.6 Å². The summed E-state index contributed by atoms with van der Waals surface area (Å²) in [5, 5.41) is 12.8. The zero-order valence-corrected chi connectivity index (χ0v) is 22.0. The molecule has 0 heterocycles. The van der Waals surface area contributed by atoms with E-state index in [4.69, 9.17) is 4.43 Å². The van der Waals surface area contributed by atoms with Gasteiger partial charge in [0.2, 0.25) is 0 Å². The molecule has 0 unspecified atom stereocenters. The van der Waals surface area contributed by atoms with Gasteiger partial charge in [0.15, 0.2) is 0 Å². The van der Waals surface area contributed by atoms with E-state index in [1.807, 2.05) is 0 Å². The number of aliphatic hydroxyl groups is 1. The molecule has 2 rings (SSSR count). The normalized spacial score (nSPS) is 14.3. The number of rotatable bonds is 8. The second-order valence-corrected chi connectivity index (χ2v) is 19.2. The van der Waals surface area contributed by atoms with Gasteiger partial charge in [-0.1, -0.05) is 107 Å². The van der Waals surface area contributed by atoms with Gasteiger partial charge >= 0.3 is 0 Å². The van der Waals surface area contributed by atoms with Gasteiger partial charge in [0.05, 0.1) is 12.2 Å². The molecule has 0 bridgehead atoms. The van der Waals surface area contributed by atoms with Crippen molar-refractivity contribution in [1.29, 1.82) is 0 Å². The van der Waals surface area contributed by atoms with Gasteiger partial charge in [0.1, 0.15) is 8.07 Å². The standard InChI is InChI=1S/C27H38O2Si2/c1-8-23(28)22-24(16-15-21-30(5,6)7)29-31(27(2,3)4,25-17-11-9-12-18-25)26-19-13-10-14-20-26/h8-14,17-20,23-24,28H,1,16,22H2,2-7H3/t23-,24-/m1/s1. The summed E-state index contributed by atoms with van der Waals surface area (Å²) in [5.41, 5.74) is 3.46. The van der Waals surface area contributed by atoms with Gasteiger partial charge in [-0.3, -0.25) is 0 Å². The fraction of sp³-hybridized carbons (Fsp3) is 0.407. The van der Waals surface area contributed by atoms with Crippen molar-refractivity contribution in [1.82, 2.24) is 0 Å². The van der Waals surface area contributed by atoms with Gasteiger partial charge in [-0.05, 0) is 15.4 Å². The van der Waals surface area contributed by atoms with E-state index >= 15 is 0 Å². The van der Waals surface area contributed by atoms with Gasteiger partial charge in [-0.15, -0.1) is 18.0 Å². The average Bonchev–Trinajstić information content (AvgIpc) is 2.71. The van der Waals surface area contributed by atoms with Gasteiger partial charge in [0.25, 0.3) is 8.32 Å². The van der Waals surface area contributed by atoms with Crippen molar-refractivity contribution in [3.8, 4) is 11.5 Å². The first-order chi connectivity index (χ1) is 14.5. The minimum Gasteiger partial charge on any atom is -0.403 e. The maximum Gasteiger partial charge on any atom is 0.261 e. The molecule has 31 heavy (non-hydrogen) atoms. The first-order valence-corrected chi connectivity index (χ1v) is 16.5. The Hall–Kier alpha value is -1.91. The summed E-state index contributed by atoms with van der Waals surface area (Å²) >= 11 is 0. The van der Waals surface area contributed by atoms with Crippen LogP contribution in [-0.2, 0) is 4.43 Å². The Kier molecular flexibility index (Phi) is 8.68. The van der Waals surface area contributed by atoms with E-state index in [9.17, 15) is 5.11 Å². The fourth-order valence-electron chi connectivity index (χ4n) is 3.91. The summed E-state index contributed by atoms with van der Waals surface area (Å²) in [4.78, 5) is 0. The third-order valence-electron chi connectivity index (χ3n) is 5.33. The molecule has 0 fully saturated rings. The summed E-state index contributed by atoms with van der Waals surface area (Å²) in [6.45, 7) is 17.3. The predicted octanol–water partition coefficient (Wildman–Crippen LogP) is 5.14. The lowest BCUT2D eigenvalue weighted by molar-refractivity contribution is 0.117. The average molecular weight is 451 g/mol. The highest BCUT2D eigenvalue weighted by molar-refractivity contribution is 6.99. The van der Waals surface area contributed by atoms with Crippen LogP contribution in [0.4, 0.5) is 0 Å². The van der Waals surface area contributed by atoms with Crippen LogP contribution in [0.25, 0.3) is 0 Å². The third-order valence-corrected chi connectivity index (χ3v) is 11.3. The number of hydrogen-bond donors (Lipinski definition) is 1. The summed E-state index contributed by atoms with van der Waals surface area (Å²) in [6, 6.07) is 21.2. The Labute approximate surface area is 191 Å². The van der Waals surface area contributed by atoms with Crippen molar-refractivity contribution in [3.63, 3.8) is 0 Å². The summed E-state index contributed by atoms with van der Waals surface area (Å²) in [6.07, 6.45) is 1.90. The van der Waals surface area contributed by atoms with Crippen molar-refractivity contribution in [3.05, 3.63) is 73.3 Å². The second kappa shape index (κ2) is 10.6. The molecule has 0 radical (unpaired) electrons. The maximum atomic E-state index is 10.4. The molecular formula is C27H38O2Si2. The highest BCUT2D eigenvalue weighted by Gasteiger charge is 2.51. The van der Waals surface area contributed by atoms with E-state index in [2.05, 4.69) is 119 Å². The summed E-state index contributed by atoms with van der Waals surface area (Å²) in [5.74, 6) is 3.40. The molecule has 0 aromatic heterocycles. The van der Waals surface area contributed by atoms with E-state index in [0.717, 1.165) is 0 Å². The monoisotopic (exact) mass is 450 g/mol. The van der Waals surface area contributed by atoms with E-state index in [1.165, 1.54) is 10.4 Å². The Bertz CT molecular complexity index is 845. The van der Waals surface area contributed by atoms with Crippen LogP contribution in [0.2, 0.25) is 24.7 Å². The molecule has 0 saturated carbocycles. The Morgan fingerprint density at radius 2 is 1.45 bits per heavy atom. The second-order valence-electron chi connectivity index (χ2n) is 10.2. The first kappa shape index (κ1) is 25.4. The molecule has 0 saturated heterocycles. The van der Waals surface area contributed by atoms with Crippen molar-refractivity contribution in [2.75, 3.05) is 0 Å². The van der Waals surface area contributed by atoms with Crippen LogP contribution in [0, 0.1) is 11.5 Å². The van der Waals surface area contributed by atoms with Gasteiger partial charge in [0, 0.05) is 12.8 Å². The summed E-state index contributed by atoms with van der Waals surface area (Å²) in [7, 11) is -4.17. The lowest BCUT2D eigenvalue weighted by Crippen LogP contribution is -2.67. The molecule has 0 amide bonds. The van der Waals surface area contributed by atoms with Gasteiger partial charge in [-0.2, -0.15) is 0 Å². The SMILES string of the molecule is C=C[C@@H](O)C[C@@H](CC#C[Si](C)(C)C)O[Si](c1ccccc1)(c1ccccc1)C(C)(C)C. The summed E-state index contributed by atoms with van der Waals surface area (Å²) < 4.78 is 7.21. The van der Waals surface area contributed by atoms with Crippen LogP contribution < -0.4 is 10.4 Å². The van der Waals surface area contributed by atoms with E-state index in [-0.39, 0.29) is 11.1 Å². The van der Waals surface area contributed by atoms with Crippen molar-refractivity contribution in [2.45, 2.75) is 70.5 Å². The minimum atomic E-state index is -2.69. The maximum absolute atomic E-state index is 10.4. The van der Waals surface area contributed by atoms with Crippen molar-refractivity contribution < 1.29 is 9.53 Å². The molecule has 0 aliphatic heterocycles. The van der Waals surface area contributed by atoms with Crippen LogP contribution in [0.15, 0.2) is 73.3 Å². The Balaban J connectivity index is 2.62. The Morgan fingerprint density at radius 3 is 1.84 bits per heavy atom. The third kappa shape index (κ3) is 6.79. The molecule has 0 spiro atoms. The van der Waals surface area contributed by atoms with E-state index < -0.39 is 22.5 Å². The largest absolute Gasteiger partial charge is 0.403 e. The van der Waals surface area contributed by atoms with Crippen molar-refractivity contribution >= 4 is 26.8 Å². The molecule has 2 aromatic carbocycles. The first-order valence-electron chi connectivity index (χ1n) is 11.1. The molecule has 0 aliphatic rings. The lowest BCUT2D eigenvalue weighted by atomic mass is 10.1. The number of aliphatic hydroxyl groups excluding tert-OH is 1. The zero-order valence-electron chi connectivity index (χ0n) is 20.0.